The summed E-state index contributed by atoms with van der Waals surface area (Å²) in [5.74, 6) is 1.92. The summed E-state index contributed by atoms with van der Waals surface area (Å²) in [6.45, 7) is 2.26. The number of carbonyl (C=O) groups is 1. The quantitative estimate of drug-likeness (QED) is 0.881. The molecule has 3 aliphatic rings. The molecule has 27 heavy (non-hydrogen) atoms. The molecule has 4 atom stereocenters. The second kappa shape index (κ2) is 6.64. The third-order valence-electron chi connectivity index (χ3n) is 6.35. The van der Waals surface area contributed by atoms with Crippen molar-refractivity contribution in [1.29, 1.82) is 0 Å². The predicted molar refractivity (Wildman–Crippen MR) is 97.2 cm³/mol. The summed E-state index contributed by atoms with van der Waals surface area (Å²) in [4.78, 5) is 18.8. The fourth-order valence-corrected chi connectivity index (χ4v) is 4.92. The Morgan fingerprint density at radius 1 is 1.26 bits per heavy atom. The minimum absolute atomic E-state index is 0.0412. The van der Waals surface area contributed by atoms with Crippen molar-refractivity contribution in [3.63, 3.8) is 0 Å². The van der Waals surface area contributed by atoms with Gasteiger partial charge in [-0.2, -0.15) is 5.10 Å². The molecule has 7 heteroatoms. The third kappa shape index (κ3) is 3.10. The summed E-state index contributed by atoms with van der Waals surface area (Å²) in [6.07, 6.45) is 5.66. The lowest BCUT2D eigenvalue weighted by atomic mass is 9.77. The van der Waals surface area contributed by atoms with E-state index in [1.54, 1.807) is 11.0 Å². The molecule has 7 nitrogen and oxygen atoms in total. The van der Waals surface area contributed by atoms with E-state index in [2.05, 4.69) is 16.1 Å². The topological polar surface area (TPSA) is 80.5 Å². The van der Waals surface area contributed by atoms with Gasteiger partial charge in [-0.05, 0) is 41.9 Å². The molecule has 0 spiro atoms. The van der Waals surface area contributed by atoms with Gasteiger partial charge in [-0.1, -0.05) is 12.1 Å². The molecule has 2 fully saturated rings. The van der Waals surface area contributed by atoms with Crippen molar-refractivity contribution in [2.24, 2.45) is 11.8 Å². The Kier molecular flexibility index (Phi) is 4.11. The van der Waals surface area contributed by atoms with Gasteiger partial charge in [0, 0.05) is 19.5 Å². The van der Waals surface area contributed by atoms with Crippen molar-refractivity contribution in [2.45, 2.75) is 37.8 Å². The van der Waals surface area contributed by atoms with Crippen LogP contribution < -0.4 is 4.74 Å². The SMILES string of the molecule is O=C(Cc1ccc2c(c1)CCO2)N1C[C@H]2C[C@@H](n3cncn3)[C@H](O)C[C@H]2C1. The lowest BCUT2D eigenvalue weighted by molar-refractivity contribution is -0.129. The van der Waals surface area contributed by atoms with Crippen LogP contribution in [0.1, 0.15) is 30.0 Å². The van der Waals surface area contributed by atoms with Crippen molar-refractivity contribution >= 4 is 5.91 Å². The van der Waals surface area contributed by atoms with Crippen molar-refractivity contribution < 1.29 is 14.6 Å². The summed E-state index contributed by atoms with van der Waals surface area (Å²) >= 11 is 0. The van der Waals surface area contributed by atoms with Crippen molar-refractivity contribution in [3.8, 4) is 5.75 Å². The van der Waals surface area contributed by atoms with Crippen LogP contribution in [0.3, 0.4) is 0 Å². The van der Waals surface area contributed by atoms with E-state index in [9.17, 15) is 9.90 Å². The average Bonchev–Trinajstić information content (AvgIpc) is 3.40. The number of aliphatic hydroxyl groups is 1. The van der Waals surface area contributed by atoms with Crippen LogP contribution in [0.25, 0.3) is 0 Å². The number of rotatable bonds is 3. The summed E-state index contributed by atoms with van der Waals surface area (Å²) < 4.78 is 7.30. The molecule has 0 bridgehead atoms. The van der Waals surface area contributed by atoms with E-state index in [1.807, 2.05) is 17.0 Å². The third-order valence-corrected chi connectivity index (χ3v) is 6.35. The Hall–Kier alpha value is -2.41. The van der Waals surface area contributed by atoms with E-state index in [4.69, 9.17) is 4.74 Å². The number of hydrogen-bond acceptors (Lipinski definition) is 5. The predicted octanol–water partition coefficient (Wildman–Crippen LogP) is 1.23. The largest absolute Gasteiger partial charge is 0.493 e. The minimum atomic E-state index is -0.431. The van der Waals surface area contributed by atoms with E-state index in [0.717, 1.165) is 50.3 Å². The standard InChI is InChI=1S/C20H24N4O3/c25-18-8-16-10-23(9-15(16)7-17(18)24-12-21-11-22-24)20(26)6-13-1-2-19-14(5-13)3-4-27-19/h1-2,5,11-12,15-18,25H,3-4,6-10H2/t15-,16+,17-,18-/m1/s1. The molecular weight excluding hydrogens is 344 g/mol. The Morgan fingerprint density at radius 2 is 2.11 bits per heavy atom. The number of fused-ring (bicyclic) bond motifs is 2. The van der Waals surface area contributed by atoms with Gasteiger partial charge in [0.05, 0.1) is 25.2 Å². The molecular formula is C20H24N4O3. The molecule has 1 amide bonds. The highest BCUT2D eigenvalue weighted by Crippen LogP contribution is 2.41. The number of hydrogen-bond donors (Lipinski definition) is 1. The monoisotopic (exact) mass is 368 g/mol. The Labute approximate surface area is 158 Å². The maximum absolute atomic E-state index is 12.9. The van der Waals surface area contributed by atoms with E-state index >= 15 is 0 Å². The van der Waals surface area contributed by atoms with Crippen molar-refractivity contribution in [3.05, 3.63) is 42.0 Å². The Morgan fingerprint density at radius 3 is 2.93 bits per heavy atom. The first-order valence-electron chi connectivity index (χ1n) is 9.72. The minimum Gasteiger partial charge on any atom is -0.493 e. The van der Waals surface area contributed by atoms with Gasteiger partial charge in [0.2, 0.25) is 5.91 Å². The van der Waals surface area contributed by atoms with E-state index in [-0.39, 0.29) is 11.9 Å². The van der Waals surface area contributed by atoms with Gasteiger partial charge in [-0.15, -0.1) is 0 Å². The summed E-state index contributed by atoms with van der Waals surface area (Å²) in [5, 5.41) is 14.7. The van der Waals surface area contributed by atoms with Crippen LogP contribution in [-0.2, 0) is 17.6 Å². The van der Waals surface area contributed by atoms with Gasteiger partial charge in [0.25, 0.3) is 0 Å². The van der Waals surface area contributed by atoms with Crippen LogP contribution in [0.15, 0.2) is 30.9 Å². The van der Waals surface area contributed by atoms with E-state index in [1.165, 1.54) is 11.9 Å². The molecule has 142 valence electrons. The number of nitrogens with zero attached hydrogens (tertiary/aromatic N) is 4. The second-order valence-corrected chi connectivity index (χ2v) is 8.02. The summed E-state index contributed by atoms with van der Waals surface area (Å²) in [5.41, 5.74) is 2.26. The smallest absolute Gasteiger partial charge is 0.227 e. The van der Waals surface area contributed by atoms with E-state index in [0.29, 0.717) is 18.3 Å². The van der Waals surface area contributed by atoms with E-state index < -0.39 is 6.10 Å². The van der Waals surface area contributed by atoms with Gasteiger partial charge in [-0.25, -0.2) is 9.67 Å². The summed E-state index contributed by atoms with van der Waals surface area (Å²) in [7, 11) is 0. The lowest BCUT2D eigenvalue weighted by Crippen LogP contribution is -2.36. The fraction of sp³-hybridized carbons (Fsp3) is 0.550. The second-order valence-electron chi connectivity index (χ2n) is 8.02. The van der Waals surface area contributed by atoms with Crippen LogP contribution in [0, 0.1) is 11.8 Å². The zero-order valence-electron chi connectivity index (χ0n) is 15.2. The number of ether oxygens (including phenoxy) is 1. The van der Waals surface area contributed by atoms with Crippen LogP contribution in [0.4, 0.5) is 0 Å². The molecule has 5 rings (SSSR count). The molecule has 1 aromatic carbocycles. The fourth-order valence-electron chi connectivity index (χ4n) is 4.92. The first-order chi connectivity index (χ1) is 13.2. The first kappa shape index (κ1) is 16.7. The molecule has 3 heterocycles. The molecule has 0 radical (unpaired) electrons. The maximum atomic E-state index is 12.9. The molecule has 1 saturated heterocycles. The lowest BCUT2D eigenvalue weighted by Gasteiger charge is -2.34. The molecule has 1 saturated carbocycles. The van der Waals surface area contributed by atoms with Gasteiger partial charge >= 0.3 is 0 Å². The van der Waals surface area contributed by atoms with Gasteiger partial charge < -0.3 is 14.7 Å². The van der Waals surface area contributed by atoms with Gasteiger partial charge in [-0.3, -0.25) is 4.79 Å². The zero-order chi connectivity index (χ0) is 18.4. The van der Waals surface area contributed by atoms with Crippen LogP contribution >= 0.6 is 0 Å². The van der Waals surface area contributed by atoms with Crippen molar-refractivity contribution in [2.75, 3.05) is 19.7 Å². The Bertz CT molecular complexity index is 838. The highest BCUT2D eigenvalue weighted by atomic mass is 16.5. The summed E-state index contributed by atoms with van der Waals surface area (Å²) in [6, 6.07) is 6.04. The van der Waals surface area contributed by atoms with Crippen LogP contribution in [0.2, 0.25) is 0 Å². The number of amides is 1. The Balaban J connectivity index is 1.24. The highest BCUT2D eigenvalue weighted by molar-refractivity contribution is 5.79. The highest BCUT2D eigenvalue weighted by Gasteiger charge is 2.43. The number of likely N-dealkylation sites (tertiary alicyclic amines) is 1. The number of benzene rings is 1. The molecule has 1 aliphatic carbocycles. The molecule has 2 aliphatic heterocycles. The number of aromatic nitrogens is 3. The van der Waals surface area contributed by atoms with Gasteiger partial charge in [0.1, 0.15) is 18.4 Å². The average molecular weight is 368 g/mol. The van der Waals surface area contributed by atoms with Crippen LogP contribution in [0.5, 0.6) is 5.75 Å². The maximum Gasteiger partial charge on any atom is 0.227 e. The van der Waals surface area contributed by atoms with Gasteiger partial charge in [0.15, 0.2) is 0 Å². The molecule has 2 aromatic rings. The van der Waals surface area contributed by atoms with Crippen LogP contribution in [-0.4, -0.2) is 56.5 Å². The normalized spacial score (nSPS) is 29.3. The molecule has 0 unspecified atom stereocenters. The number of aliphatic hydroxyl groups excluding tert-OH is 1. The molecule has 1 N–H and O–H groups in total. The first-order valence-corrected chi connectivity index (χ1v) is 9.72. The number of carbonyl (C=O) groups excluding carboxylic acids is 1. The zero-order valence-corrected chi connectivity index (χ0v) is 15.2. The molecule has 1 aromatic heterocycles. The van der Waals surface area contributed by atoms with Crippen molar-refractivity contribution in [1.82, 2.24) is 19.7 Å².